The van der Waals surface area contributed by atoms with Gasteiger partial charge in [0.1, 0.15) is 4.88 Å². The summed E-state index contributed by atoms with van der Waals surface area (Å²) in [4.78, 5) is 14.8. The summed E-state index contributed by atoms with van der Waals surface area (Å²) in [5.74, 6) is -0.840. The van der Waals surface area contributed by atoms with Crippen molar-refractivity contribution in [3.05, 3.63) is 21.4 Å². The summed E-state index contributed by atoms with van der Waals surface area (Å²) in [6.07, 6.45) is 0.664. The molecule has 0 spiro atoms. The first-order chi connectivity index (χ1) is 8.63. The Kier molecular flexibility index (Phi) is 4.34. The molecule has 6 heteroatoms. The number of carboxylic acids is 1. The minimum atomic E-state index is -0.840. The molecule has 2 heterocycles. The Labute approximate surface area is 110 Å². The molecule has 0 unspecified atom stereocenters. The molecule has 1 N–H and O–H groups in total. The molecule has 0 bridgehead atoms. The van der Waals surface area contributed by atoms with Gasteiger partial charge < -0.3 is 14.6 Å². The fourth-order valence-corrected chi connectivity index (χ4v) is 3.11. The molecule has 0 aliphatic carbocycles. The predicted molar refractivity (Wildman–Crippen MR) is 68.1 cm³/mol. The van der Waals surface area contributed by atoms with Crippen LogP contribution in [0.5, 0.6) is 0 Å². The van der Waals surface area contributed by atoms with Gasteiger partial charge in [0.15, 0.2) is 6.29 Å². The second-order valence-electron chi connectivity index (χ2n) is 4.25. The second kappa shape index (κ2) is 5.79. The van der Waals surface area contributed by atoms with Crippen LogP contribution in [0.3, 0.4) is 0 Å². The van der Waals surface area contributed by atoms with E-state index in [4.69, 9.17) is 14.6 Å². The third-order valence-electron chi connectivity index (χ3n) is 3.09. The van der Waals surface area contributed by atoms with E-state index in [2.05, 4.69) is 4.90 Å². The number of hydrogen-bond acceptors (Lipinski definition) is 5. The maximum absolute atomic E-state index is 10.9. The van der Waals surface area contributed by atoms with Crippen molar-refractivity contribution in [1.82, 2.24) is 4.90 Å². The van der Waals surface area contributed by atoms with E-state index in [0.29, 0.717) is 11.4 Å². The summed E-state index contributed by atoms with van der Waals surface area (Å²) in [6.45, 7) is 2.38. The molecule has 0 atom stereocenters. The molecule has 1 aliphatic rings. The largest absolute Gasteiger partial charge is 0.477 e. The third kappa shape index (κ3) is 2.89. The molecular formula is C12H17NO4S. The van der Waals surface area contributed by atoms with Gasteiger partial charge in [0.2, 0.25) is 0 Å². The van der Waals surface area contributed by atoms with Gasteiger partial charge in [-0.15, -0.1) is 11.3 Å². The lowest BCUT2D eigenvalue weighted by Crippen LogP contribution is -2.37. The van der Waals surface area contributed by atoms with Crippen LogP contribution in [0, 0.1) is 0 Å². The van der Waals surface area contributed by atoms with Crippen LogP contribution < -0.4 is 0 Å². The molecule has 0 fully saturated rings. The normalized spacial score (nSPS) is 15.9. The number of methoxy groups -OCH3 is 2. The van der Waals surface area contributed by atoms with Crippen LogP contribution in [0.1, 0.15) is 20.1 Å². The number of hydrogen-bond donors (Lipinski definition) is 1. The van der Waals surface area contributed by atoms with E-state index >= 15 is 0 Å². The Morgan fingerprint density at radius 1 is 1.56 bits per heavy atom. The van der Waals surface area contributed by atoms with Crippen molar-refractivity contribution in [2.45, 2.75) is 19.3 Å². The van der Waals surface area contributed by atoms with Crippen molar-refractivity contribution in [2.24, 2.45) is 0 Å². The predicted octanol–water partition coefficient (Wildman–Crippen LogP) is 1.42. The van der Waals surface area contributed by atoms with Crippen LogP contribution in [0.2, 0.25) is 0 Å². The molecule has 0 radical (unpaired) electrons. The molecule has 0 aromatic carbocycles. The number of carbonyl (C=O) groups is 1. The molecular weight excluding hydrogens is 254 g/mol. The van der Waals surface area contributed by atoms with Gasteiger partial charge in [-0.3, -0.25) is 4.90 Å². The van der Waals surface area contributed by atoms with Gasteiger partial charge in [-0.1, -0.05) is 0 Å². The molecule has 100 valence electrons. The monoisotopic (exact) mass is 271 g/mol. The number of aromatic carboxylic acids is 1. The van der Waals surface area contributed by atoms with Gasteiger partial charge in [0.05, 0.1) is 0 Å². The molecule has 2 rings (SSSR count). The maximum atomic E-state index is 10.9. The van der Waals surface area contributed by atoms with Crippen molar-refractivity contribution in [2.75, 3.05) is 27.3 Å². The number of thiophene rings is 1. The Hall–Kier alpha value is -0.950. The molecule has 0 saturated carbocycles. The van der Waals surface area contributed by atoms with Crippen molar-refractivity contribution in [3.63, 3.8) is 0 Å². The average Bonchev–Trinajstić information content (AvgIpc) is 2.79. The first kappa shape index (κ1) is 13.5. The van der Waals surface area contributed by atoms with Crippen LogP contribution >= 0.6 is 11.3 Å². The number of ether oxygens (including phenoxy) is 2. The lowest BCUT2D eigenvalue weighted by Gasteiger charge is -2.29. The number of nitrogens with zero attached hydrogens (tertiary/aromatic N) is 1. The first-order valence-electron chi connectivity index (χ1n) is 5.77. The van der Waals surface area contributed by atoms with Gasteiger partial charge in [0.25, 0.3) is 0 Å². The lowest BCUT2D eigenvalue weighted by molar-refractivity contribution is -0.117. The molecule has 18 heavy (non-hydrogen) atoms. The minimum absolute atomic E-state index is 0.232. The second-order valence-corrected chi connectivity index (χ2v) is 5.39. The van der Waals surface area contributed by atoms with E-state index in [1.54, 1.807) is 20.3 Å². The van der Waals surface area contributed by atoms with Crippen LogP contribution in [0.4, 0.5) is 0 Å². The van der Waals surface area contributed by atoms with Crippen LogP contribution in [0.15, 0.2) is 6.07 Å². The Morgan fingerprint density at radius 3 is 2.89 bits per heavy atom. The summed E-state index contributed by atoms with van der Waals surface area (Å²) in [7, 11) is 3.24. The Balaban J connectivity index is 2.03. The molecule has 1 aromatic rings. The number of rotatable bonds is 5. The van der Waals surface area contributed by atoms with Gasteiger partial charge in [-0.2, -0.15) is 0 Å². The van der Waals surface area contributed by atoms with E-state index < -0.39 is 5.97 Å². The van der Waals surface area contributed by atoms with Crippen LogP contribution in [-0.2, 0) is 22.4 Å². The van der Waals surface area contributed by atoms with E-state index in [-0.39, 0.29) is 6.29 Å². The zero-order valence-corrected chi connectivity index (χ0v) is 11.3. The van der Waals surface area contributed by atoms with Crippen molar-refractivity contribution in [1.29, 1.82) is 0 Å². The highest BCUT2D eigenvalue weighted by atomic mass is 32.1. The molecule has 0 amide bonds. The molecule has 5 nitrogen and oxygen atoms in total. The summed E-state index contributed by atoms with van der Waals surface area (Å²) in [6, 6.07) is 1.78. The highest BCUT2D eigenvalue weighted by Gasteiger charge is 2.22. The topological polar surface area (TPSA) is 59.0 Å². The van der Waals surface area contributed by atoms with Crippen molar-refractivity contribution in [3.8, 4) is 0 Å². The van der Waals surface area contributed by atoms with Crippen LogP contribution in [-0.4, -0.2) is 49.6 Å². The molecule has 1 aliphatic heterocycles. The van der Waals surface area contributed by atoms with Gasteiger partial charge in [-0.25, -0.2) is 4.79 Å². The van der Waals surface area contributed by atoms with Crippen molar-refractivity contribution >= 4 is 17.3 Å². The highest BCUT2D eigenvalue weighted by Crippen LogP contribution is 2.28. The summed E-state index contributed by atoms with van der Waals surface area (Å²) in [5.41, 5.74) is 1.12. The van der Waals surface area contributed by atoms with Crippen molar-refractivity contribution < 1.29 is 19.4 Å². The third-order valence-corrected chi connectivity index (χ3v) is 4.31. The summed E-state index contributed by atoms with van der Waals surface area (Å²) in [5, 5.41) is 8.98. The smallest absolute Gasteiger partial charge is 0.345 e. The van der Waals surface area contributed by atoms with Gasteiger partial charge >= 0.3 is 5.97 Å². The van der Waals surface area contributed by atoms with E-state index in [0.717, 1.165) is 25.1 Å². The minimum Gasteiger partial charge on any atom is -0.477 e. The number of fused-ring (bicyclic) bond motifs is 1. The lowest BCUT2D eigenvalue weighted by atomic mass is 10.1. The average molecular weight is 271 g/mol. The summed E-state index contributed by atoms with van der Waals surface area (Å²) >= 11 is 1.39. The van der Waals surface area contributed by atoms with E-state index in [9.17, 15) is 4.79 Å². The number of carboxylic acid groups (broad SMARTS) is 1. The molecule has 1 aromatic heterocycles. The van der Waals surface area contributed by atoms with Gasteiger partial charge in [-0.05, 0) is 18.1 Å². The zero-order valence-electron chi connectivity index (χ0n) is 10.5. The first-order valence-corrected chi connectivity index (χ1v) is 6.58. The highest BCUT2D eigenvalue weighted by molar-refractivity contribution is 7.14. The Morgan fingerprint density at radius 2 is 2.28 bits per heavy atom. The fraction of sp³-hybridized carbons (Fsp3) is 0.583. The quantitative estimate of drug-likeness (QED) is 0.821. The SMILES string of the molecule is COC(CN1CCc2sc(C(=O)O)cc2C1)OC. The fourth-order valence-electron chi connectivity index (χ4n) is 2.11. The van der Waals surface area contributed by atoms with Crippen LogP contribution in [0.25, 0.3) is 0 Å². The zero-order chi connectivity index (χ0) is 13.1. The maximum Gasteiger partial charge on any atom is 0.345 e. The van der Waals surface area contributed by atoms with E-state index in [1.165, 1.54) is 16.2 Å². The molecule has 0 saturated heterocycles. The Bertz CT molecular complexity index is 428. The van der Waals surface area contributed by atoms with E-state index in [1.807, 2.05) is 0 Å². The van der Waals surface area contributed by atoms with Gasteiger partial charge in [0, 0.05) is 38.7 Å². The standard InChI is InChI=1S/C12H17NO4S/c1-16-11(17-2)7-13-4-3-9-8(6-13)5-10(18-9)12(14)15/h5,11H,3-4,6-7H2,1-2H3,(H,14,15). The summed E-state index contributed by atoms with van der Waals surface area (Å²) < 4.78 is 10.4.